The summed E-state index contributed by atoms with van der Waals surface area (Å²) in [6.07, 6.45) is 0.983. The van der Waals surface area contributed by atoms with Crippen LogP contribution in [0.4, 0.5) is 5.69 Å². The van der Waals surface area contributed by atoms with Crippen molar-refractivity contribution in [2.24, 2.45) is 5.92 Å². The van der Waals surface area contributed by atoms with Gasteiger partial charge in [0.2, 0.25) is 5.91 Å². The summed E-state index contributed by atoms with van der Waals surface area (Å²) in [5.74, 6) is -0.771. The number of likely N-dealkylation sites (tertiary alicyclic amines) is 2. The van der Waals surface area contributed by atoms with E-state index in [9.17, 15) is 19.2 Å². The first-order chi connectivity index (χ1) is 18.8. The zero-order valence-electron chi connectivity index (χ0n) is 22.5. The number of morpholine rings is 1. The number of Topliss-reactive ketones (excluding diaryl/α,β-unsaturated/α-hetero) is 1. The zero-order chi connectivity index (χ0) is 27.5. The number of ether oxygens (including phenoxy) is 1. The van der Waals surface area contributed by atoms with E-state index in [1.165, 1.54) is 0 Å². The SMILES string of the molecule is CC(C)CC(NC(=O)c1ccc(N2CCOCC2)cc1)C(=O)N1CCC2C1C(=O)CN2C(=O)c1ccccc1. The average Bonchev–Trinajstić information content (AvgIpc) is 3.54. The lowest BCUT2D eigenvalue weighted by atomic mass is 10.0. The molecular formula is C30H36N4O5. The number of fused-ring (bicyclic) bond motifs is 1. The number of hydrogen-bond acceptors (Lipinski definition) is 6. The van der Waals surface area contributed by atoms with Gasteiger partial charge in [-0.15, -0.1) is 0 Å². The van der Waals surface area contributed by atoms with Crippen LogP contribution in [0.1, 0.15) is 47.4 Å². The lowest BCUT2D eigenvalue weighted by Gasteiger charge is -2.29. The summed E-state index contributed by atoms with van der Waals surface area (Å²) in [7, 11) is 0. The molecule has 3 fully saturated rings. The van der Waals surface area contributed by atoms with Crippen LogP contribution in [-0.2, 0) is 14.3 Å². The van der Waals surface area contributed by atoms with Gasteiger partial charge >= 0.3 is 0 Å². The molecule has 0 radical (unpaired) electrons. The number of carbonyl (C=O) groups is 4. The van der Waals surface area contributed by atoms with Crippen LogP contribution in [0.15, 0.2) is 54.6 Å². The molecule has 9 nitrogen and oxygen atoms in total. The molecule has 39 heavy (non-hydrogen) atoms. The Morgan fingerprint density at radius 3 is 2.28 bits per heavy atom. The summed E-state index contributed by atoms with van der Waals surface area (Å²) in [5.41, 5.74) is 2.03. The van der Waals surface area contributed by atoms with Crippen LogP contribution in [0.2, 0.25) is 0 Å². The van der Waals surface area contributed by atoms with Crippen molar-refractivity contribution in [3.05, 3.63) is 65.7 Å². The van der Waals surface area contributed by atoms with E-state index in [1.54, 1.807) is 46.2 Å². The van der Waals surface area contributed by atoms with Crippen molar-refractivity contribution >= 4 is 29.2 Å². The van der Waals surface area contributed by atoms with E-state index >= 15 is 0 Å². The number of rotatable bonds is 7. The van der Waals surface area contributed by atoms with Crippen molar-refractivity contribution in [3.63, 3.8) is 0 Å². The van der Waals surface area contributed by atoms with Crippen molar-refractivity contribution in [2.75, 3.05) is 44.3 Å². The molecule has 9 heteroatoms. The largest absolute Gasteiger partial charge is 0.378 e. The molecule has 3 saturated heterocycles. The highest BCUT2D eigenvalue weighted by molar-refractivity contribution is 6.03. The first-order valence-corrected chi connectivity index (χ1v) is 13.8. The maximum Gasteiger partial charge on any atom is 0.254 e. The van der Waals surface area contributed by atoms with E-state index in [0.717, 1.165) is 18.8 Å². The van der Waals surface area contributed by atoms with E-state index in [2.05, 4.69) is 10.2 Å². The Morgan fingerprint density at radius 1 is 0.923 bits per heavy atom. The topological polar surface area (TPSA) is 99.3 Å². The Hall–Kier alpha value is -3.72. The minimum Gasteiger partial charge on any atom is -0.378 e. The Kier molecular flexibility index (Phi) is 7.97. The van der Waals surface area contributed by atoms with Gasteiger partial charge in [0, 0.05) is 36.4 Å². The van der Waals surface area contributed by atoms with E-state index in [-0.39, 0.29) is 42.0 Å². The molecule has 2 aromatic carbocycles. The number of ketones is 1. The molecule has 5 rings (SSSR count). The molecule has 1 N–H and O–H groups in total. The molecule has 0 aliphatic carbocycles. The lowest BCUT2D eigenvalue weighted by molar-refractivity contribution is -0.138. The number of amides is 3. The van der Waals surface area contributed by atoms with Gasteiger partial charge in [-0.1, -0.05) is 32.0 Å². The van der Waals surface area contributed by atoms with Crippen molar-refractivity contribution in [1.29, 1.82) is 0 Å². The van der Waals surface area contributed by atoms with Gasteiger partial charge < -0.3 is 24.8 Å². The summed E-state index contributed by atoms with van der Waals surface area (Å²) in [6, 6.07) is 14.5. The van der Waals surface area contributed by atoms with Crippen LogP contribution in [-0.4, -0.2) is 90.8 Å². The minimum atomic E-state index is -0.762. The average molecular weight is 533 g/mol. The summed E-state index contributed by atoms with van der Waals surface area (Å²) < 4.78 is 5.41. The number of nitrogens with one attached hydrogen (secondary N) is 1. The zero-order valence-corrected chi connectivity index (χ0v) is 22.5. The van der Waals surface area contributed by atoms with Crippen molar-refractivity contribution in [3.8, 4) is 0 Å². The molecule has 3 aliphatic heterocycles. The second-order valence-electron chi connectivity index (χ2n) is 10.9. The van der Waals surface area contributed by atoms with Crippen LogP contribution in [0.5, 0.6) is 0 Å². The summed E-state index contributed by atoms with van der Waals surface area (Å²) in [6.45, 7) is 7.33. The van der Waals surface area contributed by atoms with Gasteiger partial charge in [0.05, 0.1) is 25.8 Å². The Labute approximate surface area is 229 Å². The molecule has 3 unspecified atom stereocenters. The van der Waals surface area contributed by atoms with Gasteiger partial charge in [-0.3, -0.25) is 19.2 Å². The molecule has 0 aromatic heterocycles. The van der Waals surface area contributed by atoms with E-state index in [1.807, 2.05) is 32.0 Å². The second-order valence-corrected chi connectivity index (χ2v) is 10.9. The number of anilines is 1. The third-order valence-corrected chi connectivity index (χ3v) is 7.80. The Morgan fingerprint density at radius 2 is 1.62 bits per heavy atom. The number of benzene rings is 2. The number of nitrogens with zero attached hydrogens (tertiary/aromatic N) is 3. The van der Waals surface area contributed by atoms with Gasteiger partial charge in [-0.05, 0) is 55.2 Å². The molecule has 3 aliphatic rings. The highest BCUT2D eigenvalue weighted by Crippen LogP contribution is 2.32. The fourth-order valence-electron chi connectivity index (χ4n) is 5.87. The van der Waals surface area contributed by atoms with Crippen molar-refractivity contribution < 1.29 is 23.9 Å². The van der Waals surface area contributed by atoms with Gasteiger partial charge in [0.1, 0.15) is 12.1 Å². The van der Waals surface area contributed by atoms with Gasteiger partial charge in [0.25, 0.3) is 11.8 Å². The van der Waals surface area contributed by atoms with Crippen molar-refractivity contribution in [1.82, 2.24) is 15.1 Å². The monoisotopic (exact) mass is 532 g/mol. The Bertz CT molecular complexity index is 1210. The summed E-state index contributed by atoms with van der Waals surface area (Å²) in [4.78, 5) is 58.6. The third-order valence-electron chi connectivity index (χ3n) is 7.80. The smallest absolute Gasteiger partial charge is 0.254 e. The first-order valence-electron chi connectivity index (χ1n) is 13.8. The predicted molar refractivity (Wildman–Crippen MR) is 147 cm³/mol. The molecule has 3 amide bonds. The van der Waals surface area contributed by atoms with Crippen LogP contribution in [0.3, 0.4) is 0 Å². The van der Waals surface area contributed by atoms with E-state index < -0.39 is 12.1 Å². The normalized spacial score (nSPS) is 21.7. The number of hydrogen-bond donors (Lipinski definition) is 1. The quantitative estimate of drug-likeness (QED) is 0.588. The highest BCUT2D eigenvalue weighted by Gasteiger charge is 2.52. The van der Waals surface area contributed by atoms with Gasteiger partial charge in [-0.25, -0.2) is 0 Å². The predicted octanol–water partition coefficient (Wildman–Crippen LogP) is 2.36. The van der Waals surface area contributed by atoms with Crippen LogP contribution in [0, 0.1) is 5.92 Å². The summed E-state index contributed by atoms with van der Waals surface area (Å²) in [5, 5.41) is 2.94. The molecule has 0 saturated carbocycles. The van der Waals surface area contributed by atoms with E-state index in [0.29, 0.717) is 43.7 Å². The van der Waals surface area contributed by atoms with Crippen LogP contribution < -0.4 is 10.2 Å². The molecule has 0 spiro atoms. The minimum absolute atomic E-state index is 0.0104. The first kappa shape index (κ1) is 26.9. The van der Waals surface area contributed by atoms with Crippen molar-refractivity contribution in [2.45, 2.75) is 44.8 Å². The fraction of sp³-hybridized carbons (Fsp3) is 0.467. The Balaban J connectivity index is 1.28. The molecular weight excluding hydrogens is 496 g/mol. The van der Waals surface area contributed by atoms with Gasteiger partial charge in [0.15, 0.2) is 5.78 Å². The molecule has 206 valence electrons. The molecule has 3 atom stereocenters. The maximum atomic E-state index is 13.8. The maximum absolute atomic E-state index is 13.8. The van der Waals surface area contributed by atoms with E-state index in [4.69, 9.17) is 4.74 Å². The standard InChI is InChI=1S/C30H36N4O5/c1-20(2)18-24(31-28(36)21-8-10-23(11-9-21)32-14-16-39-17-15-32)30(38)33-13-12-25-27(33)26(35)19-34(25)29(37)22-6-4-3-5-7-22/h3-11,20,24-25,27H,12-19H2,1-2H3,(H,31,36). The third kappa shape index (κ3) is 5.68. The molecule has 3 heterocycles. The van der Waals surface area contributed by atoms with Crippen LogP contribution in [0.25, 0.3) is 0 Å². The second kappa shape index (κ2) is 11.6. The molecule has 0 bridgehead atoms. The highest BCUT2D eigenvalue weighted by atomic mass is 16.5. The molecule has 2 aromatic rings. The van der Waals surface area contributed by atoms with Crippen LogP contribution >= 0.6 is 0 Å². The number of carbonyl (C=O) groups excluding carboxylic acids is 4. The summed E-state index contributed by atoms with van der Waals surface area (Å²) >= 11 is 0. The lowest BCUT2D eigenvalue weighted by Crippen LogP contribution is -2.53. The van der Waals surface area contributed by atoms with Gasteiger partial charge in [-0.2, -0.15) is 0 Å². The fourth-order valence-corrected chi connectivity index (χ4v) is 5.87.